The molecule has 4 rings (SSSR count). The van der Waals surface area contributed by atoms with E-state index in [4.69, 9.17) is 4.52 Å². The van der Waals surface area contributed by atoms with E-state index in [-0.39, 0.29) is 11.8 Å². The fourth-order valence-corrected chi connectivity index (χ4v) is 3.95. The highest BCUT2D eigenvalue weighted by Crippen LogP contribution is 2.20. The Labute approximate surface area is 195 Å². The molecule has 0 saturated carbocycles. The maximum Gasteiger partial charge on any atom is 0.257 e. The van der Waals surface area contributed by atoms with Crippen LogP contribution in [0.25, 0.3) is 11.5 Å². The standard InChI is InChI=1S/C24H25BrN4O3/c1-28(23(30)18-9-11-20(25)12-10-18)16-13-21-26-22(32-27-21)17-5-7-19(8-6-17)24(31)29-14-3-2-4-15-29/h5-12H,2-4,13-16H2,1H3. The summed E-state index contributed by atoms with van der Waals surface area (Å²) in [5.74, 6) is 0.943. The van der Waals surface area contributed by atoms with Gasteiger partial charge in [0.1, 0.15) is 0 Å². The van der Waals surface area contributed by atoms with Crippen LogP contribution in [0.2, 0.25) is 0 Å². The minimum Gasteiger partial charge on any atom is -0.341 e. The highest BCUT2D eigenvalue weighted by atomic mass is 79.9. The van der Waals surface area contributed by atoms with Crippen LogP contribution in [0.15, 0.2) is 57.5 Å². The summed E-state index contributed by atoms with van der Waals surface area (Å²) in [6, 6.07) is 14.5. The highest BCUT2D eigenvalue weighted by molar-refractivity contribution is 9.10. The Hall–Kier alpha value is -3.00. The highest BCUT2D eigenvalue weighted by Gasteiger charge is 2.19. The van der Waals surface area contributed by atoms with E-state index < -0.39 is 0 Å². The molecule has 166 valence electrons. The van der Waals surface area contributed by atoms with Crippen LogP contribution in [0.3, 0.4) is 0 Å². The Kier molecular flexibility index (Phi) is 6.99. The molecule has 0 bridgehead atoms. The molecule has 0 unspecified atom stereocenters. The number of halogens is 1. The molecule has 1 aromatic heterocycles. The number of amides is 2. The van der Waals surface area contributed by atoms with Gasteiger partial charge in [0.25, 0.3) is 17.7 Å². The molecule has 32 heavy (non-hydrogen) atoms. The number of likely N-dealkylation sites (N-methyl/N-ethyl adjacent to an activating group) is 1. The lowest BCUT2D eigenvalue weighted by molar-refractivity contribution is 0.0723. The number of carbonyl (C=O) groups is 2. The minimum atomic E-state index is -0.0600. The fraction of sp³-hybridized carbons (Fsp3) is 0.333. The molecule has 1 aliphatic heterocycles. The Bertz CT molecular complexity index is 1070. The molecule has 3 aromatic rings. The van der Waals surface area contributed by atoms with Crippen LogP contribution in [0.1, 0.15) is 45.8 Å². The van der Waals surface area contributed by atoms with E-state index in [0.29, 0.717) is 35.8 Å². The van der Waals surface area contributed by atoms with Gasteiger partial charge in [-0.15, -0.1) is 0 Å². The van der Waals surface area contributed by atoms with Crippen LogP contribution in [0, 0.1) is 0 Å². The van der Waals surface area contributed by atoms with Gasteiger partial charge in [-0.1, -0.05) is 21.1 Å². The lowest BCUT2D eigenvalue weighted by Gasteiger charge is -2.26. The number of rotatable bonds is 6. The number of carbonyl (C=O) groups excluding carboxylic acids is 2. The lowest BCUT2D eigenvalue weighted by Crippen LogP contribution is -2.35. The van der Waals surface area contributed by atoms with E-state index in [2.05, 4.69) is 26.1 Å². The van der Waals surface area contributed by atoms with Crippen molar-refractivity contribution in [2.75, 3.05) is 26.7 Å². The Morgan fingerprint density at radius 3 is 2.34 bits per heavy atom. The van der Waals surface area contributed by atoms with Gasteiger partial charge in [-0.25, -0.2) is 0 Å². The van der Waals surface area contributed by atoms with Crippen molar-refractivity contribution in [2.45, 2.75) is 25.7 Å². The number of hydrogen-bond acceptors (Lipinski definition) is 5. The van der Waals surface area contributed by atoms with Crippen molar-refractivity contribution in [2.24, 2.45) is 0 Å². The van der Waals surface area contributed by atoms with Crippen LogP contribution in [0.5, 0.6) is 0 Å². The topological polar surface area (TPSA) is 79.5 Å². The maximum absolute atomic E-state index is 12.6. The second kappa shape index (κ2) is 10.1. The van der Waals surface area contributed by atoms with Gasteiger partial charge in [0.05, 0.1) is 0 Å². The zero-order valence-electron chi connectivity index (χ0n) is 18.0. The number of likely N-dealkylation sites (tertiary alicyclic amines) is 1. The number of nitrogens with zero attached hydrogens (tertiary/aromatic N) is 4. The summed E-state index contributed by atoms with van der Waals surface area (Å²) in [6.45, 7) is 2.12. The molecule has 7 nitrogen and oxygen atoms in total. The summed E-state index contributed by atoms with van der Waals surface area (Å²) in [6.07, 6.45) is 3.81. The SMILES string of the molecule is CN(CCc1noc(-c2ccc(C(=O)N3CCCCC3)cc2)n1)C(=O)c1ccc(Br)cc1. The van der Waals surface area contributed by atoms with E-state index in [1.807, 2.05) is 29.2 Å². The third-order valence-corrected chi connectivity index (χ3v) is 6.13. The van der Waals surface area contributed by atoms with Crippen LogP contribution < -0.4 is 0 Å². The van der Waals surface area contributed by atoms with Crippen LogP contribution in [-0.2, 0) is 6.42 Å². The molecule has 0 atom stereocenters. The normalized spacial score (nSPS) is 13.8. The maximum atomic E-state index is 12.6. The Balaban J connectivity index is 1.34. The van der Waals surface area contributed by atoms with Gasteiger partial charge in [-0.2, -0.15) is 4.98 Å². The quantitative estimate of drug-likeness (QED) is 0.503. The molecule has 2 heterocycles. The third kappa shape index (κ3) is 5.24. The average molecular weight is 497 g/mol. The van der Waals surface area contributed by atoms with Crippen molar-refractivity contribution in [1.82, 2.24) is 19.9 Å². The lowest BCUT2D eigenvalue weighted by atomic mass is 10.1. The van der Waals surface area contributed by atoms with Gasteiger partial charge in [0.15, 0.2) is 5.82 Å². The second-order valence-electron chi connectivity index (χ2n) is 7.93. The first-order valence-corrected chi connectivity index (χ1v) is 11.5. The van der Waals surface area contributed by atoms with Gasteiger partial charge in [-0.05, 0) is 67.8 Å². The van der Waals surface area contributed by atoms with E-state index >= 15 is 0 Å². The smallest absolute Gasteiger partial charge is 0.257 e. The molecule has 0 N–H and O–H groups in total. The molecule has 1 saturated heterocycles. The molecular formula is C24H25BrN4O3. The zero-order valence-corrected chi connectivity index (χ0v) is 19.5. The first-order chi connectivity index (χ1) is 15.5. The number of hydrogen-bond donors (Lipinski definition) is 0. The first kappa shape index (κ1) is 22.2. The first-order valence-electron chi connectivity index (χ1n) is 10.7. The van der Waals surface area contributed by atoms with Crippen molar-refractivity contribution in [3.63, 3.8) is 0 Å². The summed E-state index contributed by atoms with van der Waals surface area (Å²) in [4.78, 5) is 33.1. The monoisotopic (exact) mass is 496 g/mol. The number of piperidine rings is 1. The molecule has 0 spiro atoms. The number of aromatic nitrogens is 2. The average Bonchev–Trinajstić information content (AvgIpc) is 3.32. The summed E-state index contributed by atoms with van der Waals surface area (Å²) >= 11 is 3.37. The van der Waals surface area contributed by atoms with E-state index in [9.17, 15) is 9.59 Å². The van der Waals surface area contributed by atoms with Crippen LogP contribution >= 0.6 is 15.9 Å². The van der Waals surface area contributed by atoms with E-state index in [0.717, 1.165) is 36.0 Å². The molecule has 1 aliphatic rings. The molecule has 2 amide bonds. The third-order valence-electron chi connectivity index (χ3n) is 5.60. The van der Waals surface area contributed by atoms with Gasteiger partial charge >= 0.3 is 0 Å². The molecule has 0 aliphatic carbocycles. The minimum absolute atomic E-state index is 0.0600. The van der Waals surface area contributed by atoms with Crippen molar-refractivity contribution in [3.05, 3.63) is 70.0 Å². The van der Waals surface area contributed by atoms with Crippen LogP contribution in [-0.4, -0.2) is 58.4 Å². The second-order valence-corrected chi connectivity index (χ2v) is 8.85. The van der Waals surface area contributed by atoms with Crippen molar-refractivity contribution in [1.29, 1.82) is 0 Å². The van der Waals surface area contributed by atoms with E-state index in [1.54, 1.807) is 36.2 Å². The van der Waals surface area contributed by atoms with Gasteiger partial charge in [0.2, 0.25) is 0 Å². The van der Waals surface area contributed by atoms with Gasteiger partial charge in [-0.3, -0.25) is 9.59 Å². The molecular weight excluding hydrogens is 472 g/mol. The van der Waals surface area contributed by atoms with Gasteiger partial charge in [0, 0.05) is 54.3 Å². The van der Waals surface area contributed by atoms with Gasteiger partial charge < -0.3 is 14.3 Å². The van der Waals surface area contributed by atoms with E-state index in [1.165, 1.54) is 6.42 Å². The predicted octanol–water partition coefficient (Wildman–Crippen LogP) is 4.44. The van der Waals surface area contributed by atoms with Crippen molar-refractivity contribution >= 4 is 27.7 Å². The Morgan fingerprint density at radius 1 is 1.00 bits per heavy atom. The Morgan fingerprint density at radius 2 is 1.66 bits per heavy atom. The predicted molar refractivity (Wildman–Crippen MR) is 124 cm³/mol. The largest absolute Gasteiger partial charge is 0.341 e. The molecule has 2 aromatic carbocycles. The van der Waals surface area contributed by atoms with Crippen molar-refractivity contribution in [3.8, 4) is 11.5 Å². The number of benzene rings is 2. The molecule has 0 radical (unpaired) electrons. The summed E-state index contributed by atoms with van der Waals surface area (Å²) in [7, 11) is 1.75. The molecule has 1 fully saturated rings. The molecule has 8 heteroatoms. The zero-order chi connectivity index (χ0) is 22.5. The van der Waals surface area contributed by atoms with Crippen LogP contribution in [0.4, 0.5) is 0 Å². The van der Waals surface area contributed by atoms with Crippen molar-refractivity contribution < 1.29 is 14.1 Å². The summed E-state index contributed by atoms with van der Waals surface area (Å²) < 4.78 is 6.32. The summed E-state index contributed by atoms with van der Waals surface area (Å²) in [5, 5.41) is 4.03. The summed E-state index contributed by atoms with van der Waals surface area (Å²) in [5.41, 5.74) is 2.06. The fourth-order valence-electron chi connectivity index (χ4n) is 3.69.